The van der Waals surface area contributed by atoms with Gasteiger partial charge in [-0.05, 0) is 44.6 Å². The summed E-state index contributed by atoms with van der Waals surface area (Å²) < 4.78 is 0. The zero-order chi connectivity index (χ0) is 12.4. The molecule has 98 valence electrons. The first-order chi connectivity index (χ1) is 8.10. The van der Waals surface area contributed by atoms with Gasteiger partial charge in [0.25, 0.3) is 0 Å². The number of nitrogens with two attached hydrogens (primary N) is 1. The average molecular weight is 241 g/mol. The number of hydrogen-bond acceptors (Lipinski definition) is 3. The average Bonchev–Trinajstić information content (AvgIpc) is 3.12. The highest BCUT2D eigenvalue weighted by Gasteiger charge is 2.34. The van der Waals surface area contributed by atoms with Gasteiger partial charge in [-0.25, -0.2) is 4.79 Å². The Morgan fingerprint density at radius 3 is 2.76 bits per heavy atom. The Balaban J connectivity index is 1.88. The number of hydrogen-bond donors (Lipinski definition) is 3. The van der Waals surface area contributed by atoms with E-state index in [1.54, 1.807) is 4.90 Å². The lowest BCUT2D eigenvalue weighted by Gasteiger charge is -2.37. The maximum Gasteiger partial charge on any atom is 0.314 e. The van der Waals surface area contributed by atoms with Gasteiger partial charge in [0.15, 0.2) is 0 Å². The third-order valence-electron chi connectivity index (χ3n) is 4.00. The van der Waals surface area contributed by atoms with Crippen molar-refractivity contribution in [2.24, 2.45) is 17.6 Å². The molecular formula is C12H23N3O2. The van der Waals surface area contributed by atoms with Crippen molar-refractivity contribution in [2.45, 2.75) is 37.8 Å². The highest BCUT2D eigenvalue weighted by molar-refractivity contribution is 5.72. The van der Waals surface area contributed by atoms with E-state index in [4.69, 9.17) is 5.73 Å². The molecule has 1 aliphatic carbocycles. The lowest BCUT2D eigenvalue weighted by molar-refractivity contribution is 0.0864. The fraction of sp³-hybridized carbons (Fsp3) is 0.917. The van der Waals surface area contributed by atoms with Crippen molar-refractivity contribution in [3.8, 4) is 0 Å². The van der Waals surface area contributed by atoms with E-state index in [9.17, 15) is 9.90 Å². The summed E-state index contributed by atoms with van der Waals surface area (Å²) in [6.07, 6.45) is 3.94. The van der Waals surface area contributed by atoms with Crippen LogP contribution in [0.4, 0.5) is 4.79 Å². The molecule has 0 bridgehead atoms. The predicted octanol–water partition coefficient (Wildman–Crippen LogP) is 0.136. The number of piperidine rings is 1. The van der Waals surface area contributed by atoms with Crippen molar-refractivity contribution < 1.29 is 9.90 Å². The number of primary amides is 1. The van der Waals surface area contributed by atoms with Crippen LogP contribution in [-0.2, 0) is 0 Å². The Morgan fingerprint density at radius 1 is 1.53 bits per heavy atom. The van der Waals surface area contributed by atoms with Gasteiger partial charge >= 0.3 is 6.03 Å². The number of rotatable bonds is 4. The summed E-state index contributed by atoms with van der Waals surface area (Å²) in [4.78, 5) is 12.9. The Hall–Kier alpha value is -0.810. The molecule has 2 amide bonds. The second kappa shape index (κ2) is 5.23. The minimum atomic E-state index is -0.351. The van der Waals surface area contributed by atoms with Gasteiger partial charge in [0.2, 0.25) is 0 Å². The topological polar surface area (TPSA) is 78.6 Å². The SMILES string of the molecule is CNC1CC(CC(O)C2CC2)CN(C(N)=O)C1. The number of urea groups is 1. The molecule has 2 rings (SSSR count). The number of likely N-dealkylation sites (N-methyl/N-ethyl adjacent to an activating group) is 1. The van der Waals surface area contributed by atoms with Gasteiger partial charge in [0.1, 0.15) is 0 Å². The lowest BCUT2D eigenvalue weighted by Crippen LogP contribution is -2.52. The molecule has 2 fully saturated rings. The van der Waals surface area contributed by atoms with Gasteiger partial charge in [0.05, 0.1) is 6.10 Å². The van der Waals surface area contributed by atoms with Crippen LogP contribution < -0.4 is 11.1 Å². The van der Waals surface area contributed by atoms with Crippen LogP contribution in [0.5, 0.6) is 0 Å². The molecule has 5 nitrogen and oxygen atoms in total. The van der Waals surface area contributed by atoms with Crippen LogP contribution in [-0.4, -0.2) is 48.3 Å². The summed E-state index contributed by atoms with van der Waals surface area (Å²) in [6, 6.07) is -0.0523. The molecule has 3 unspecified atom stereocenters. The molecule has 5 heteroatoms. The fourth-order valence-electron chi connectivity index (χ4n) is 2.78. The molecule has 1 heterocycles. The van der Waals surface area contributed by atoms with E-state index in [0.29, 0.717) is 31.0 Å². The number of aliphatic hydroxyl groups excluding tert-OH is 1. The van der Waals surface area contributed by atoms with Crippen LogP contribution in [0.2, 0.25) is 0 Å². The first kappa shape index (κ1) is 12.6. The third-order valence-corrected chi connectivity index (χ3v) is 4.00. The number of aliphatic hydroxyl groups is 1. The molecule has 0 aromatic rings. The van der Waals surface area contributed by atoms with Crippen LogP contribution in [0, 0.1) is 11.8 Å². The van der Waals surface area contributed by atoms with Crippen molar-refractivity contribution >= 4 is 6.03 Å². The Kier molecular flexibility index (Phi) is 3.89. The molecule has 1 aliphatic heterocycles. The summed E-state index contributed by atoms with van der Waals surface area (Å²) in [5.74, 6) is 0.872. The quantitative estimate of drug-likeness (QED) is 0.655. The number of nitrogens with zero attached hydrogens (tertiary/aromatic N) is 1. The molecule has 17 heavy (non-hydrogen) atoms. The van der Waals surface area contributed by atoms with Crippen LogP contribution in [0.15, 0.2) is 0 Å². The zero-order valence-corrected chi connectivity index (χ0v) is 10.4. The highest BCUT2D eigenvalue weighted by Crippen LogP contribution is 2.36. The molecule has 0 aromatic carbocycles. The number of likely N-dealkylation sites (tertiary alicyclic amines) is 1. The number of carbonyl (C=O) groups is 1. The van der Waals surface area contributed by atoms with E-state index in [1.807, 2.05) is 7.05 Å². The highest BCUT2D eigenvalue weighted by atomic mass is 16.3. The molecule has 2 aliphatic rings. The van der Waals surface area contributed by atoms with E-state index in [-0.39, 0.29) is 12.1 Å². The smallest absolute Gasteiger partial charge is 0.314 e. The lowest BCUT2D eigenvalue weighted by atomic mass is 9.88. The van der Waals surface area contributed by atoms with Crippen molar-refractivity contribution in [3.05, 3.63) is 0 Å². The summed E-state index contributed by atoms with van der Waals surface area (Å²) in [6.45, 7) is 1.37. The van der Waals surface area contributed by atoms with Gasteiger partial charge in [0, 0.05) is 19.1 Å². The van der Waals surface area contributed by atoms with Crippen LogP contribution in [0.25, 0.3) is 0 Å². The Morgan fingerprint density at radius 2 is 2.24 bits per heavy atom. The second-order valence-corrected chi connectivity index (χ2v) is 5.47. The number of carbonyl (C=O) groups excluding carboxylic acids is 1. The number of amides is 2. The van der Waals surface area contributed by atoms with Crippen LogP contribution >= 0.6 is 0 Å². The minimum Gasteiger partial charge on any atom is -0.393 e. The first-order valence-electron chi connectivity index (χ1n) is 6.50. The number of nitrogens with one attached hydrogen (secondary N) is 1. The van der Waals surface area contributed by atoms with Gasteiger partial charge in [-0.3, -0.25) is 0 Å². The van der Waals surface area contributed by atoms with E-state index < -0.39 is 0 Å². The molecular weight excluding hydrogens is 218 g/mol. The largest absolute Gasteiger partial charge is 0.393 e. The summed E-state index contributed by atoms with van der Waals surface area (Å²) in [5, 5.41) is 13.2. The summed E-state index contributed by atoms with van der Waals surface area (Å²) in [7, 11) is 1.91. The monoisotopic (exact) mass is 241 g/mol. The summed E-state index contributed by atoms with van der Waals surface area (Å²) >= 11 is 0. The van der Waals surface area contributed by atoms with Crippen molar-refractivity contribution in [3.63, 3.8) is 0 Å². The molecule has 1 saturated carbocycles. The Labute approximate surface area is 102 Å². The molecule has 0 spiro atoms. The zero-order valence-electron chi connectivity index (χ0n) is 10.4. The first-order valence-corrected chi connectivity index (χ1v) is 6.50. The van der Waals surface area contributed by atoms with Crippen LogP contribution in [0.1, 0.15) is 25.7 Å². The van der Waals surface area contributed by atoms with E-state index in [0.717, 1.165) is 25.7 Å². The minimum absolute atomic E-state index is 0.190. The van der Waals surface area contributed by atoms with E-state index >= 15 is 0 Å². The van der Waals surface area contributed by atoms with Crippen molar-refractivity contribution in [2.75, 3.05) is 20.1 Å². The van der Waals surface area contributed by atoms with Gasteiger partial charge in [-0.2, -0.15) is 0 Å². The molecule has 4 N–H and O–H groups in total. The summed E-state index contributed by atoms with van der Waals surface area (Å²) in [5.41, 5.74) is 5.35. The van der Waals surface area contributed by atoms with Crippen molar-refractivity contribution in [1.29, 1.82) is 0 Å². The molecule has 0 radical (unpaired) electrons. The van der Waals surface area contributed by atoms with Gasteiger partial charge in [-0.15, -0.1) is 0 Å². The molecule has 3 atom stereocenters. The molecule has 0 aromatic heterocycles. The van der Waals surface area contributed by atoms with Crippen LogP contribution in [0.3, 0.4) is 0 Å². The maximum atomic E-state index is 11.3. The standard InChI is InChI=1S/C12H23N3O2/c1-14-10-4-8(5-11(16)9-2-3-9)6-15(7-10)12(13)17/h8-11,14,16H,2-7H2,1H3,(H2,13,17). The normalized spacial score (nSPS) is 31.3. The fourth-order valence-corrected chi connectivity index (χ4v) is 2.78. The molecule has 1 saturated heterocycles. The third kappa shape index (κ3) is 3.33. The van der Waals surface area contributed by atoms with Gasteiger partial charge in [-0.1, -0.05) is 0 Å². The second-order valence-electron chi connectivity index (χ2n) is 5.47. The van der Waals surface area contributed by atoms with Crippen molar-refractivity contribution in [1.82, 2.24) is 10.2 Å². The maximum absolute atomic E-state index is 11.3. The van der Waals surface area contributed by atoms with E-state index in [2.05, 4.69) is 5.32 Å². The predicted molar refractivity (Wildman–Crippen MR) is 65.5 cm³/mol. The van der Waals surface area contributed by atoms with Gasteiger partial charge < -0.3 is 21.1 Å². The van der Waals surface area contributed by atoms with E-state index in [1.165, 1.54) is 0 Å². The Bertz CT molecular complexity index is 281.